The number of nitrogens with two attached hydrogens (primary N) is 1. The van der Waals surface area contributed by atoms with Crippen molar-refractivity contribution in [1.82, 2.24) is 13.7 Å². The van der Waals surface area contributed by atoms with Gasteiger partial charge in [0.25, 0.3) is 10.0 Å². The van der Waals surface area contributed by atoms with Crippen LogP contribution in [-0.2, 0) is 10.0 Å². The van der Waals surface area contributed by atoms with Crippen LogP contribution in [0.15, 0.2) is 16.6 Å². The molecule has 0 aliphatic rings. The predicted molar refractivity (Wildman–Crippen MR) is 67.5 cm³/mol. The second-order valence-corrected chi connectivity index (χ2v) is 6.17. The van der Waals surface area contributed by atoms with Gasteiger partial charge in [-0.05, 0) is 0 Å². The topological polar surface area (TPSA) is 128 Å². The second kappa shape index (κ2) is 4.85. The first-order valence-electron chi connectivity index (χ1n) is 4.97. The Hall–Kier alpha value is -2.14. The molecule has 0 fully saturated rings. The summed E-state index contributed by atoms with van der Waals surface area (Å²) in [6, 6.07) is 3.42. The molecule has 0 saturated heterocycles. The maximum Gasteiger partial charge on any atom is 0.264 e. The van der Waals surface area contributed by atoms with E-state index in [4.69, 9.17) is 16.3 Å². The Kier molecular flexibility index (Phi) is 3.40. The maximum atomic E-state index is 12.4. The summed E-state index contributed by atoms with van der Waals surface area (Å²) >= 11 is 1.24. The van der Waals surface area contributed by atoms with Gasteiger partial charge in [-0.1, -0.05) is 0 Å². The van der Waals surface area contributed by atoms with E-state index in [0.29, 0.717) is 4.96 Å². The molecule has 10 heteroatoms. The molecule has 2 heterocycles. The van der Waals surface area contributed by atoms with Gasteiger partial charge in [-0.15, -0.1) is 11.3 Å². The summed E-state index contributed by atoms with van der Waals surface area (Å²) in [5, 5.41) is 18.8. The minimum atomic E-state index is -4.04. The van der Waals surface area contributed by atoms with Crippen LogP contribution in [-0.4, -0.2) is 35.2 Å². The van der Waals surface area contributed by atoms with Crippen molar-refractivity contribution in [3.8, 4) is 12.1 Å². The normalized spacial score (nSPS) is 11.5. The number of fused-ring (bicyclic) bond motifs is 1. The molecule has 0 spiro atoms. The van der Waals surface area contributed by atoms with Crippen LogP contribution >= 0.6 is 11.3 Å². The van der Waals surface area contributed by atoms with E-state index in [9.17, 15) is 8.42 Å². The predicted octanol–water partition coefficient (Wildman–Crippen LogP) is 0.0159. The lowest BCUT2D eigenvalue weighted by Crippen LogP contribution is -2.33. The van der Waals surface area contributed by atoms with E-state index >= 15 is 0 Å². The van der Waals surface area contributed by atoms with E-state index in [1.165, 1.54) is 21.9 Å². The molecule has 0 aliphatic carbocycles. The molecule has 2 N–H and O–H groups in total. The van der Waals surface area contributed by atoms with Gasteiger partial charge in [-0.2, -0.15) is 14.8 Å². The van der Waals surface area contributed by atoms with E-state index in [2.05, 4.69) is 4.98 Å². The Morgan fingerprint density at radius 1 is 1.42 bits per heavy atom. The van der Waals surface area contributed by atoms with E-state index in [-0.39, 0.29) is 10.8 Å². The van der Waals surface area contributed by atoms with Gasteiger partial charge in [0, 0.05) is 11.6 Å². The first kappa shape index (κ1) is 13.3. The van der Waals surface area contributed by atoms with E-state index < -0.39 is 23.1 Å². The fourth-order valence-corrected chi connectivity index (χ4v) is 3.73. The number of nitrogens with zero attached hydrogens (tertiary/aromatic N) is 5. The lowest BCUT2D eigenvalue weighted by molar-refractivity contribution is 0.476. The van der Waals surface area contributed by atoms with Crippen molar-refractivity contribution in [1.29, 1.82) is 10.5 Å². The third-order valence-electron chi connectivity index (χ3n) is 2.32. The fourth-order valence-electron chi connectivity index (χ4n) is 1.54. The van der Waals surface area contributed by atoms with Crippen LogP contribution in [0.4, 0.5) is 5.82 Å². The van der Waals surface area contributed by atoms with Gasteiger partial charge in [0.2, 0.25) is 0 Å². The van der Waals surface area contributed by atoms with Gasteiger partial charge in [0.05, 0.1) is 12.1 Å². The summed E-state index contributed by atoms with van der Waals surface area (Å²) in [5.41, 5.74) is 5.62. The zero-order valence-electron chi connectivity index (χ0n) is 9.52. The zero-order chi connectivity index (χ0) is 14.0. The summed E-state index contributed by atoms with van der Waals surface area (Å²) in [6.07, 6.45) is 1.52. The third kappa shape index (κ3) is 2.13. The molecule has 2 aromatic heterocycles. The SMILES string of the molecule is N#CCN(CC#N)S(=O)(=O)c1c(N)nc2sccn12. The molecule has 2 aromatic rings. The fraction of sp³-hybridized carbons (Fsp3) is 0.222. The van der Waals surface area contributed by atoms with Gasteiger partial charge in [0.15, 0.2) is 15.8 Å². The van der Waals surface area contributed by atoms with Crippen molar-refractivity contribution < 1.29 is 8.42 Å². The van der Waals surface area contributed by atoms with Crippen LogP contribution < -0.4 is 5.73 Å². The number of hydrogen-bond donors (Lipinski definition) is 1. The van der Waals surface area contributed by atoms with Gasteiger partial charge >= 0.3 is 0 Å². The Balaban J connectivity index is 2.61. The zero-order valence-corrected chi connectivity index (χ0v) is 11.1. The minimum absolute atomic E-state index is 0.146. The van der Waals surface area contributed by atoms with Gasteiger partial charge < -0.3 is 5.73 Å². The summed E-state index contributed by atoms with van der Waals surface area (Å²) in [6.45, 7) is -0.848. The van der Waals surface area contributed by atoms with E-state index in [0.717, 1.165) is 4.31 Å². The maximum absolute atomic E-state index is 12.4. The van der Waals surface area contributed by atoms with E-state index in [1.807, 2.05) is 0 Å². The smallest absolute Gasteiger partial charge is 0.264 e. The standard InChI is InChI=1S/C9H8N6O2S2/c10-1-3-14(4-2-11)19(16,17)8-7(12)13-9-15(8)5-6-18-9/h5-6H,3-4,12H2. The molecule has 19 heavy (non-hydrogen) atoms. The summed E-state index contributed by atoms with van der Waals surface area (Å²) in [4.78, 5) is 4.36. The number of sulfonamides is 1. The molecule has 0 aliphatic heterocycles. The molecule has 0 amide bonds. The summed E-state index contributed by atoms with van der Waals surface area (Å²) in [5.74, 6) is -0.146. The van der Waals surface area contributed by atoms with Crippen molar-refractivity contribution in [2.75, 3.05) is 18.8 Å². The molecule has 0 unspecified atom stereocenters. The van der Waals surface area contributed by atoms with Crippen LogP contribution in [0.3, 0.4) is 0 Å². The number of hydrogen-bond acceptors (Lipinski definition) is 7. The van der Waals surface area contributed by atoms with Crippen molar-refractivity contribution in [3.63, 3.8) is 0 Å². The Morgan fingerprint density at radius 3 is 2.63 bits per heavy atom. The van der Waals surface area contributed by atoms with Crippen LogP contribution in [0.2, 0.25) is 0 Å². The highest BCUT2D eigenvalue weighted by atomic mass is 32.2. The highest BCUT2D eigenvalue weighted by molar-refractivity contribution is 7.89. The van der Waals surface area contributed by atoms with Crippen molar-refractivity contribution in [2.45, 2.75) is 5.03 Å². The Labute approximate surface area is 113 Å². The molecule has 2 rings (SSSR count). The minimum Gasteiger partial charge on any atom is -0.381 e. The summed E-state index contributed by atoms with van der Waals surface area (Å²) in [7, 11) is -4.04. The molecular weight excluding hydrogens is 288 g/mol. The molecule has 98 valence electrons. The molecular formula is C9H8N6O2S2. The number of rotatable bonds is 4. The molecule has 0 atom stereocenters. The van der Waals surface area contributed by atoms with Gasteiger partial charge in [-0.3, -0.25) is 4.40 Å². The monoisotopic (exact) mass is 296 g/mol. The molecule has 0 radical (unpaired) electrons. The van der Waals surface area contributed by atoms with Crippen LogP contribution in [0, 0.1) is 22.7 Å². The number of thiazole rings is 1. The van der Waals surface area contributed by atoms with Crippen molar-refractivity contribution in [3.05, 3.63) is 11.6 Å². The average molecular weight is 296 g/mol. The average Bonchev–Trinajstić information content (AvgIpc) is 2.87. The molecule has 0 saturated carbocycles. The van der Waals surface area contributed by atoms with Crippen molar-refractivity contribution >= 4 is 32.1 Å². The largest absolute Gasteiger partial charge is 0.381 e. The highest BCUT2D eigenvalue weighted by Crippen LogP contribution is 2.25. The number of nitriles is 2. The molecule has 8 nitrogen and oxygen atoms in total. The lowest BCUT2D eigenvalue weighted by atomic mass is 10.6. The Morgan fingerprint density at radius 2 is 2.05 bits per heavy atom. The number of nitrogen functional groups attached to an aromatic ring is 1. The second-order valence-electron chi connectivity index (χ2n) is 3.45. The number of anilines is 1. The van der Waals surface area contributed by atoms with Crippen LogP contribution in [0.1, 0.15) is 0 Å². The van der Waals surface area contributed by atoms with Crippen LogP contribution in [0.25, 0.3) is 4.96 Å². The van der Waals surface area contributed by atoms with Gasteiger partial charge in [0.1, 0.15) is 13.1 Å². The first-order chi connectivity index (χ1) is 9.02. The van der Waals surface area contributed by atoms with Gasteiger partial charge in [-0.25, -0.2) is 13.4 Å². The number of aromatic nitrogens is 2. The first-order valence-corrected chi connectivity index (χ1v) is 7.29. The highest BCUT2D eigenvalue weighted by Gasteiger charge is 2.31. The van der Waals surface area contributed by atoms with Crippen LogP contribution in [0.5, 0.6) is 0 Å². The number of imidazole rings is 1. The lowest BCUT2D eigenvalue weighted by Gasteiger charge is -2.15. The molecule has 0 bridgehead atoms. The quantitative estimate of drug-likeness (QED) is 0.792. The molecule has 0 aromatic carbocycles. The Bertz CT molecular complexity index is 775. The van der Waals surface area contributed by atoms with Crippen molar-refractivity contribution in [2.24, 2.45) is 0 Å². The third-order valence-corrected chi connectivity index (χ3v) is 4.91. The summed E-state index contributed by atoms with van der Waals surface area (Å²) < 4.78 is 26.9. The van der Waals surface area contributed by atoms with E-state index in [1.54, 1.807) is 17.5 Å².